The number of nitrogens with one attached hydrogen (secondary N) is 2. The SMILES string of the molecule is O=C(NCc1nc2ccccc2[nH]1)C1CCN(c2ccc(C(F)(F)F)cn2)CC1. The molecule has 2 N–H and O–H groups in total. The minimum absolute atomic E-state index is 0.0366. The molecule has 2 aromatic heterocycles. The maximum atomic E-state index is 12.7. The number of H-pyrrole nitrogens is 1. The molecule has 0 saturated carbocycles. The number of amides is 1. The Kier molecular flexibility index (Phi) is 5.12. The molecule has 1 saturated heterocycles. The minimum Gasteiger partial charge on any atom is -0.357 e. The van der Waals surface area contributed by atoms with Crippen LogP contribution in [-0.4, -0.2) is 33.9 Å². The maximum Gasteiger partial charge on any atom is 0.417 e. The van der Waals surface area contributed by atoms with Crippen molar-refractivity contribution in [2.45, 2.75) is 25.6 Å². The quantitative estimate of drug-likeness (QED) is 0.699. The van der Waals surface area contributed by atoms with E-state index in [1.165, 1.54) is 6.07 Å². The van der Waals surface area contributed by atoms with E-state index in [2.05, 4.69) is 20.3 Å². The number of carbonyl (C=O) groups is 1. The number of aromatic nitrogens is 3. The highest BCUT2D eigenvalue weighted by molar-refractivity contribution is 5.79. The van der Waals surface area contributed by atoms with Crippen molar-refractivity contribution in [1.82, 2.24) is 20.3 Å². The van der Waals surface area contributed by atoms with Crippen LogP contribution in [-0.2, 0) is 17.5 Å². The molecular weight excluding hydrogens is 383 g/mol. The summed E-state index contributed by atoms with van der Waals surface area (Å²) >= 11 is 0. The fourth-order valence-corrected chi connectivity index (χ4v) is 3.52. The van der Waals surface area contributed by atoms with Crippen LogP contribution in [0.4, 0.5) is 19.0 Å². The van der Waals surface area contributed by atoms with Crippen molar-refractivity contribution in [3.05, 3.63) is 54.0 Å². The van der Waals surface area contributed by atoms with Crippen LogP contribution in [0.15, 0.2) is 42.6 Å². The molecule has 0 aliphatic carbocycles. The zero-order chi connectivity index (χ0) is 20.4. The van der Waals surface area contributed by atoms with E-state index in [4.69, 9.17) is 0 Å². The molecule has 1 aliphatic rings. The highest BCUT2D eigenvalue weighted by Gasteiger charge is 2.31. The summed E-state index contributed by atoms with van der Waals surface area (Å²) in [5, 5.41) is 2.92. The van der Waals surface area contributed by atoms with Gasteiger partial charge in [-0.15, -0.1) is 0 Å². The van der Waals surface area contributed by atoms with E-state index in [0.29, 0.717) is 44.1 Å². The molecule has 1 aromatic carbocycles. The van der Waals surface area contributed by atoms with Gasteiger partial charge in [-0.2, -0.15) is 13.2 Å². The Morgan fingerprint density at radius 2 is 1.93 bits per heavy atom. The number of halogens is 3. The number of fused-ring (bicyclic) bond motifs is 1. The summed E-state index contributed by atoms with van der Waals surface area (Å²) in [7, 11) is 0. The third kappa shape index (κ3) is 4.33. The second-order valence-electron chi connectivity index (χ2n) is 7.08. The minimum atomic E-state index is -4.39. The molecule has 152 valence electrons. The summed E-state index contributed by atoms with van der Waals surface area (Å²) in [6.07, 6.45) is -2.30. The fourth-order valence-electron chi connectivity index (χ4n) is 3.52. The van der Waals surface area contributed by atoms with Gasteiger partial charge >= 0.3 is 6.18 Å². The summed E-state index contributed by atoms with van der Waals surface area (Å²) < 4.78 is 38.0. The summed E-state index contributed by atoms with van der Waals surface area (Å²) in [5.74, 6) is 1.03. The Morgan fingerprint density at radius 1 is 1.17 bits per heavy atom. The molecule has 1 fully saturated rings. The molecule has 3 aromatic rings. The predicted octanol–water partition coefficient (Wildman–Crippen LogP) is 3.51. The van der Waals surface area contributed by atoms with E-state index in [1.807, 2.05) is 29.2 Å². The first-order valence-corrected chi connectivity index (χ1v) is 9.40. The Morgan fingerprint density at radius 3 is 2.59 bits per heavy atom. The van der Waals surface area contributed by atoms with Gasteiger partial charge in [0.25, 0.3) is 0 Å². The number of imidazole rings is 1. The first-order chi connectivity index (χ1) is 13.9. The van der Waals surface area contributed by atoms with E-state index < -0.39 is 11.7 Å². The van der Waals surface area contributed by atoms with Gasteiger partial charge in [-0.1, -0.05) is 12.1 Å². The molecule has 6 nitrogen and oxygen atoms in total. The van der Waals surface area contributed by atoms with Crippen LogP contribution in [0, 0.1) is 5.92 Å². The van der Waals surface area contributed by atoms with Gasteiger partial charge in [0, 0.05) is 25.2 Å². The van der Waals surface area contributed by atoms with Gasteiger partial charge in [0.2, 0.25) is 5.91 Å². The van der Waals surface area contributed by atoms with Crippen molar-refractivity contribution in [3.63, 3.8) is 0 Å². The molecule has 0 atom stereocenters. The van der Waals surface area contributed by atoms with E-state index in [9.17, 15) is 18.0 Å². The third-order valence-electron chi connectivity index (χ3n) is 5.13. The Hall–Kier alpha value is -3.10. The van der Waals surface area contributed by atoms with Crippen molar-refractivity contribution in [2.75, 3.05) is 18.0 Å². The Balaban J connectivity index is 1.29. The zero-order valence-electron chi connectivity index (χ0n) is 15.5. The molecule has 0 spiro atoms. The molecule has 9 heteroatoms. The van der Waals surface area contributed by atoms with E-state index >= 15 is 0 Å². The molecule has 0 radical (unpaired) electrons. The van der Waals surface area contributed by atoms with Crippen LogP contribution in [0.25, 0.3) is 11.0 Å². The zero-order valence-corrected chi connectivity index (χ0v) is 15.5. The molecule has 1 aliphatic heterocycles. The van der Waals surface area contributed by atoms with Crippen molar-refractivity contribution >= 4 is 22.8 Å². The number of anilines is 1. The van der Waals surface area contributed by atoms with Crippen molar-refractivity contribution < 1.29 is 18.0 Å². The topological polar surface area (TPSA) is 73.9 Å². The summed E-state index contributed by atoms with van der Waals surface area (Å²) in [6.45, 7) is 1.47. The second-order valence-corrected chi connectivity index (χ2v) is 7.08. The summed E-state index contributed by atoms with van der Waals surface area (Å²) in [5.41, 5.74) is 1.02. The van der Waals surface area contributed by atoms with Gasteiger partial charge in [-0.3, -0.25) is 4.79 Å². The largest absolute Gasteiger partial charge is 0.417 e. The Bertz CT molecular complexity index is 958. The van der Waals surface area contributed by atoms with E-state index in [0.717, 1.165) is 23.3 Å². The van der Waals surface area contributed by atoms with Crippen LogP contribution in [0.5, 0.6) is 0 Å². The molecule has 0 unspecified atom stereocenters. The number of hydrogen-bond donors (Lipinski definition) is 2. The summed E-state index contributed by atoms with van der Waals surface area (Å²) in [6, 6.07) is 10.1. The van der Waals surface area contributed by atoms with Crippen LogP contribution in [0.2, 0.25) is 0 Å². The lowest BCUT2D eigenvalue weighted by Gasteiger charge is -2.32. The van der Waals surface area contributed by atoms with Gasteiger partial charge < -0.3 is 15.2 Å². The van der Waals surface area contributed by atoms with Crippen LogP contribution in [0.3, 0.4) is 0 Å². The summed E-state index contributed by atoms with van der Waals surface area (Å²) in [4.78, 5) is 25.9. The maximum absolute atomic E-state index is 12.7. The number of pyridine rings is 1. The van der Waals surface area contributed by atoms with Crippen LogP contribution < -0.4 is 10.2 Å². The van der Waals surface area contributed by atoms with Gasteiger partial charge in [0.15, 0.2) is 0 Å². The molecule has 29 heavy (non-hydrogen) atoms. The molecule has 3 heterocycles. The monoisotopic (exact) mass is 403 g/mol. The number of piperidine rings is 1. The van der Waals surface area contributed by atoms with Crippen LogP contribution in [0.1, 0.15) is 24.2 Å². The van der Waals surface area contributed by atoms with Crippen molar-refractivity contribution in [3.8, 4) is 0 Å². The standard InChI is InChI=1S/C20H20F3N5O/c21-20(22,23)14-5-6-18(24-11-14)28-9-7-13(8-10-28)19(29)25-12-17-26-15-3-1-2-4-16(15)27-17/h1-6,11,13H,7-10,12H2,(H,25,29)(H,26,27). The van der Waals surface area contributed by atoms with Gasteiger partial charge in [0.05, 0.1) is 23.1 Å². The molecule has 1 amide bonds. The van der Waals surface area contributed by atoms with Gasteiger partial charge in [0.1, 0.15) is 11.6 Å². The van der Waals surface area contributed by atoms with Gasteiger partial charge in [-0.05, 0) is 37.1 Å². The van der Waals surface area contributed by atoms with Crippen molar-refractivity contribution in [2.24, 2.45) is 5.92 Å². The molecule has 4 rings (SSSR count). The number of benzene rings is 1. The third-order valence-corrected chi connectivity index (χ3v) is 5.13. The average molecular weight is 403 g/mol. The number of rotatable bonds is 4. The molecular formula is C20H20F3N5O. The van der Waals surface area contributed by atoms with E-state index in [-0.39, 0.29) is 11.8 Å². The number of para-hydroxylation sites is 2. The number of hydrogen-bond acceptors (Lipinski definition) is 4. The lowest BCUT2D eigenvalue weighted by Crippen LogP contribution is -2.40. The normalized spacial score (nSPS) is 15.6. The fraction of sp³-hybridized carbons (Fsp3) is 0.350. The lowest BCUT2D eigenvalue weighted by molar-refractivity contribution is -0.137. The first-order valence-electron chi connectivity index (χ1n) is 9.40. The lowest BCUT2D eigenvalue weighted by atomic mass is 9.96. The second kappa shape index (κ2) is 7.73. The predicted molar refractivity (Wildman–Crippen MR) is 102 cm³/mol. The first kappa shape index (κ1) is 19.2. The Labute approximate surface area is 165 Å². The van der Waals surface area contributed by atoms with Crippen LogP contribution >= 0.6 is 0 Å². The number of aromatic amines is 1. The van der Waals surface area contributed by atoms with E-state index in [1.54, 1.807) is 0 Å². The number of alkyl halides is 3. The average Bonchev–Trinajstić information content (AvgIpc) is 3.15. The molecule has 0 bridgehead atoms. The highest BCUT2D eigenvalue weighted by Crippen LogP contribution is 2.30. The smallest absolute Gasteiger partial charge is 0.357 e. The highest BCUT2D eigenvalue weighted by atomic mass is 19.4. The van der Waals surface area contributed by atoms with Gasteiger partial charge in [-0.25, -0.2) is 9.97 Å². The number of nitrogens with zero attached hydrogens (tertiary/aromatic N) is 3. The number of carbonyl (C=O) groups excluding carboxylic acids is 1. The van der Waals surface area contributed by atoms with Crippen molar-refractivity contribution in [1.29, 1.82) is 0 Å².